The Bertz CT molecular complexity index is 314. The van der Waals surface area contributed by atoms with Gasteiger partial charge in [0.05, 0.1) is 0 Å². The second-order valence-electron chi connectivity index (χ2n) is 4.31. The van der Waals surface area contributed by atoms with Gasteiger partial charge in [-0.2, -0.15) is 0 Å². The second kappa shape index (κ2) is 6.33. The molecule has 1 aromatic carbocycles. The summed E-state index contributed by atoms with van der Waals surface area (Å²) in [6.45, 7) is 3.71. The van der Waals surface area contributed by atoms with Crippen LogP contribution in [0.1, 0.15) is 30.9 Å². The number of hydrogen-bond donors (Lipinski definition) is 1. The van der Waals surface area contributed by atoms with Crippen LogP contribution < -0.4 is 10.6 Å². The molecular weight excluding hydrogens is 196 g/mol. The molecule has 2 nitrogen and oxygen atoms in total. The molecule has 0 saturated heterocycles. The van der Waals surface area contributed by atoms with E-state index in [2.05, 4.69) is 35.7 Å². The van der Waals surface area contributed by atoms with Gasteiger partial charge in [-0.3, -0.25) is 0 Å². The van der Waals surface area contributed by atoms with Crippen LogP contribution in [0, 0.1) is 0 Å². The van der Waals surface area contributed by atoms with Crippen LogP contribution in [0.5, 0.6) is 0 Å². The summed E-state index contributed by atoms with van der Waals surface area (Å²) in [4.78, 5) is 2.09. The van der Waals surface area contributed by atoms with E-state index < -0.39 is 0 Å². The molecule has 0 bridgehead atoms. The predicted molar refractivity (Wildman–Crippen MR) is 71.7 cm³/mol. The summed E-state index contributed by atoms with van der Waals surface area (Å²) in [5, 5.41) is 0. The van der Waals surface area contributed by atoms with Gasteiger partial charge in [0.1, 0.15) is 0 Å². The molecule has 1 rings (SSSR count). The summed E-state index contributed by atoms with van der Waals surface area (Å²) >= 11 is 0. The fourth-order valence-corrected chi connectivity index (χ4v) is 1.67. The van der Waals surface area contributed by atoms with Gasteiger partial charge in [0.2, 0.25) is 0 Å². The first-order valence-corrected chi connectivity index (χ1v) is 5.79. The zero-order valence-corrected chi connectivity index (χ0v) is 10.3. The Hall–Kier alpha value is -1.28. The average molecular weight is 218 g/mol. The summed E-state index contributed by atoms with van der Waals surface area (Å²) in [7, 11) is 4.08. The Kier molecular flexibility index (Phi) is 5.06. The summed E-state index contributed by atoms with van der Waals surface area (Å²) in [6, 6.07) is 8.61. The average Bonchev–Trinajstić information content (AvgIpc) is 2.29. The van der Waals surface area contributed by atoms with Crippen molar-refractivity contribution in [2.45, 2.75) is 25.3 Å². The van der Waals surface area contributed by atoms with Crippen LogP contribution in [0.2, 0.25) is 0 Å². The van der Waals surface area contributed by atoms with E-state index in [0.717, 1.165) is 19.3 Å². The molecule has 0 aliphatic rings. The lowest BCUT2D eigenvalue weighted by atomic mass is 10.0. The van der Waals surface area contributed by atoms with E-state index in [9.17, 15) is 0 Å². The molecule has 0 fully saturated rings. The predicted octanol–water partition coefficient (Wildman–Crippen LogP) is 3.11. The lowest BCUT2D eigenvalue weighted by Gasteiger charge is -2.15. The highest BCUT2D eigenvalue weighted by Crippen LogP contribution is 2.20. The van der Waals surface area contributed by atoms with Crippen molar-refractivity contribution in [1.29, 1.82) is 0 Å². The molecular formula is C14H22N2. The SMILES string of the molecule is C=CCCCC(N)c1ccc(N(C)C)cc1. The highest BCUT2D eigenvalue weighted by molar-refractivity contribution is 5.46. The number of nitrogens with two attached hydrogens (primary N) is 1. The molecule has 16 heavy (non-hydrogen) atoms. The number of anilines is 1. The van der Waals surface area contributed by atoms with Crippen LogP contribution in [-0.4, -0.2) is 14.1 Å². The minimum absolute atomic E-state index is 0.149. The van der Waals surface area contributed by atoms with Crippen LogP contribution >= 0.6 is 0 Å². The van der Waals surface area contributed by atoms with Crippen LogP contribution in [-0.2, 0) is 0 Å². The summed E-state index contributed by atoms with van der Waals surface area (Å²) in [5.74, 6) is 0. The van der Waals surface area contributed by atoms with Crippen molar-refractivity contribution in [3.63, 3.8) is 0 Å². The third-order valence-electron chi connectivity index (χ3n) is 2.76. The van der Waals surface area contributed by atoms with E-state index in [-0.39, 0.29) is 6.04 Å². The van der Waals surface area contributed by atoms with Gasteiger partial charge < -0.3 is 10.6 Å². The zero-order chi connectivity index (χ0) is 12.0. The van der Waals surface area contributed by atoms with Gasteiger partial charge in [0.15, 0.2) is 0 Å². The van der Waals surface area contributed by atoms with Gasteiger partial charge in [-0.1, -0.05) is 18.2 Å². The van der Waals surface area contributed by atoms with E-state index in [1.54, 1.807) is 0 Å². The molecule has 88 valence electrons. The molecule has 0 aromatic heterocycles. The molecule has 2 N–H and O–H groups in total. The number of unbranched alkanes of at least 4 members (excludes halogenated alkanes) is 1. The fourth-order valence-electron chi connectivity index (χ4n) is 1.67. The number of nitrogens with zero attached hydrogens (tertiary/aromatic N) is 1. The first-order valence-electron chi connectivity index (χ1n) is 5.79. The van der Waals surface area contributed by atoms with Gasteiger partial charge in [-0.15, -0.1) is 6.58 Å². The number of hydrogen-bond acceptors (Lipinski definition) is 2. The van der Waals surface area contributed by atoms with E-state index >= 15 is 0 Å². The molecule has 0 amide bonds. The summed E-state index contributed by atoms with van der Waals surface area (Å²) in [5.41, 5.74) is 8.54. The molecule has 1 atom stereocenters. The van der Waals surface area contributed by atoms with E-state index in [1.165, 1.54) is 11.3 Å². The smallest absolute Gasteiger partial charge is 0.0361 e. The molecule has 0 radical (unpaired) electrons. The van der Waals surface area contributed by atoms with Crippen molar-refractivity contribution >= 4 is 5.69 Å². The quantitative estimate of drug-likeness (QED) is 0.587. The van der Waals surface area contributed by atoms with Crippen molar-refractivity contribution in [2.75, 3.05) is 19.0 Å². The minimum Gasteiger partial charge on any atom is -0.378 e. The molecule has 0 saturated carbocycles. The molecule has 1 aromatic rings. The number of benzene rings is 1. The van der Waals surface area contributed by atoms with Gasteiger partial charge >= 0.3 is 0 Å². The molecule has 0 aliphatic carbocycles. The van der Waals surface area contributed by atoms with Crippen LogP contribution in [0.3, 0.4) is 0 Å². The molecule has 0 spiro atoms. The Labute approximate surface area is 98.8 Å². The maximum Gasteiger partial charge on any atom is 0.0361 e. The highest BCUT2D eigenvalue weighted by Gasteiger charge is 2.05. The lowest BCUT2D eigenvalue weighted by Crippen LogP contribution is -2.11. The standard InChI is InChI=1S/C14H22N2/c1-4-5-6-7-14(15)12-8-10-13(11-9-12)16(2)3/h4,8-11,14H,1,5-7,15H2,2-3H3. The zero-order valence-electron chi connectivity index (χ0n) is 10.3. The van der Waals surface area contributed by atoms with Crippen LogP contribution in [0.15, 0.2) is 36.9 Å². The first-order chi connectivity index (χ1) is 7.65. The molecule has 2 heteroatoms. The largest absolute Gasteiger partial charge is 0.378 e. The van der Waals surface area contributed by atoms with E-state index in [1.807, 2.05) is 20.2 Å². The third-order valence-corrected chi connectivity index (χ3v) is 2.76. The summed E-state index contributed by atoms with van der Waals surface area (Å²) < 4.78 is 0. The second-order valence-corrected chi connectivity index (χ2v) is 4.31. The van der Waals surface area contributed by atoms with Crippen LogP contribution in [0.25, 0.3) is 0 Å². The molecule has 0 aliphatic heterocycles. The van der Waals surface area contributed by atoms with Crippen molar-refractivity contribution in [3.05, 3.63) is 42.5 Å². The minimum atomic E-state index is 0.149. The number of rotatable bonds is 6. The maximum atomic E-state index is 6.11. The Morgan fingerprint density at radius 1 is 1.31 bits per heavy atom. The van der Waals surface area contributed by atoms with E-state index in [0.29, 0.717) is 0 Å². The van der Waals surface area contributed by atoms with Gasteiger partial charge in [0, 0.05) is 25.8 Å². The Balaban J connectivity index is 2.55. The molecule has 0 heterocycles. The monoisotopic (exact) mass is 218 g/mol. The Morgan fingerprint density at radius 2 is 1.94 bits per heavy atom. The first kappa shape index (κ1) is 12.8. The van der Waals surface area contributed by atoms with Gasteiger partial charge in [-0.25, -0.2) is 0 Å². The Morgan fingerprint density at radius 3 is 2.44 bits per heavy atom. The van der Waals surface area contributed by atoms with Crippen molar-refractivity contribution in [2.24, 2.45) is 5.73 Å². The third kappa shape index (κ3) is 3.70. The van der Waals surface area contributed by atoms with Crippen molar-refractivity contribution in [3.8, 4) is 0 Å². The highest BCUT2D eigenvalue weighted by atomic mass is 15.1. The van der Waals surface area contributed by atoms with Crippen molar-refractivity contribution in [1.82, 2.24) is 0 Å². The fraction of sp³-hybridized carbons (Fsp3) is 0.429. The van der Waals surface area contributed by atoms with Crippen LogP contribution in [0.4, 0.5) is 5.69 Å². The lowest BCUT2D eigenvalue weighted by molar-refractivity contribution is 0.617. The maximum absolute atomic E-state index is 6.11. The topological polar surface area (TPSA) is 29.3 Å². The molecule has 1 unspecified atom stereocenters. The van der Waals surface area contributed by atoms with E-state index in [4.69, 9.17) is 5.73 Å². The van der Waals surface area contributed by atoms with Crippen molar-refractivity contribution < 1.29 is 0 Å². The number of allylic oxidation sites excluding steroid dienone is 1. The van der Waals surface area contributed by atoms with Gasteiger partial charge in [0.25, 0.3) is 0 Å². The summed E-state index contributed by atoms with van der Waals surface area (Å²) in [6.07, 6.45) is 5.12. The van der Waals surface area contributed by atoms with Gasteiger partial charge in [-0.05, 0) is 37.0 Å². The normalized spacial score (nSPS) is 12.2.